The van der Waals surface area contributed by atoms with Gasteiger partial charge < -0.3 is 9.97 Å². The molecule has 2 aliphatic rings. The van der Waals surface area contributed by atoms with Gasteiger partial charge in [0, 0.05) is 23.5 Å². The van der Waals surface area contributed by atoms with E-state index in [1.807, 2.05) is 84.1 Å². The fourth-order valence-electron chi connectivity index (χ4n) is 4.14. The molecular formula is C26H14MnN6S2. The van der Waals surface area contributed by atoms with Crippen LogP contribution in [0.2, 0.25) is 0 Å². The van der Waals surface area contributed by atoms with Crippen molar-refractivity contribution < 1.29 is 17.1 Å². The van der Waals surface area contributed by atoms with Crippen LogP contribution in [-0.2, 0) is 17.1 Å². The zero-order valence-corrected chi connectivity index (χ0v) is 20.8. The monoisotopic (exact) mass is 529 g/mol. The molecule has 2 aliphatic heterocycles. The molecule has 9 heteroatoms. The summed E-state index contributed by atoms with van der Waals surface area (Å²) in [6, 6.07) is 12.1. The maximum absolute atomic E-state index is 4.89. The summed E-state index contributed by atoms with van der Waals surface area (Å²) in [5, 5.41) is 0. The first-order valence-corrected chi connectivity index (χ1v) is 12.3. The average Bonchev–Trinajstić information content (AvgIpc) is 3.67. The van der Waals surface area contributed by atoms with E-state index < -0.39 is 0 Å². The molecule has 8 bridgehead atoms. The molecule has 0 unspecified atom stereocenters. The first-order chi connectivity index (χ1) is 16.8. The zero-order valence-electron chi connectivity index (χ0n) is 18.0. The van der Waals surface area contributed by atoms with Crippen molar-refractivity contribution in [1.29, 1.82) is 0 Å². The minimum atomic E-state index is 0. The third kappa shape index (κ3) is 3.98. The van der Waals surface area contributed by atoms with Gasteiger partial charge in [0.25, 0.3) is 0 Å². The van der Waals surface area contributed by atoms with E-state index in [0.717, 1.165) is 65.7 Å². The fourth-order valence-corrected chi connectivity index (χ4v) is 5.51. The van der Waals surface area contributed by atoms with Crippen LogP contribution in [0.3, 0.4) is 0 Å². The Bertz CT molecular complexity index is 1630. The minimum absolute atomic E-state index is 0. The topological polar surface area (TPSA) is 79.8 Å². The van der Waals surface area contributed by atoms with E-state index in [-0.39, 0.29) is 17.1 Å². The summed E-state index contributed by atoms with van der Waals surface area (Å²) < 4.78 is 0. The van der Waals surface area contributed by atoms with Crippen LogP contribution in [0.25, 0.3) is 67.3 Å². The molecule has 0 saturated carbocycles. The van der Waals surface area contributed by atoms with Gasteiger partial charge in [-0.05, 0) is 24.3 Å². The fraction of sp³-hybridized carbons (Fsp3) is 0. The van der Waals surface area contributed by atoms with Crippen LogP contribution in [0.15, 0.2) is 59.8 Å². The third-order valence-electron chi connectivity index (χ3n) is 5.62. The summed E-state index contributed by atoms with van der Waals surface area (Å²) >= 11 is 3.16. The molecule has 7 rings (SSSR count). The number of thiazole rings is 2. The van der Waals surface area contributed by atoms with Crippen LogP contribution >= 0.6 is 22.7 Å². The zero-order chi connectivity index (χ0) is 22.5. The Hall–Kier alpha value is -3.62. The van der Waals surface area contributed by atoms with Crippen molar-refractivity contribution in [3.8, 4) is 20.9 Å². The van der Waals surface area contributed by atoms with Gasteiger partial charge in [-0.1, -0.05) is 36.4 Å². The molecular weight excluding hydrogens is 515 g/mol. The Balaban J connectivity index is 0.00000229. The van der Waals surface area contributed by atoms with Crippen molar-refractivity contribution in [2.45, 2.75) is 0 Å². The number of hydrogen-bond acceptors (Lipinski definition) is 6. The average molecular weight is 530 g/mol. The van der Waals surface area contributed by atoms with Gasteiger partial charge in [-0.2, -0.15) is 0 Å². The van der Waals surface area contributed by atoms with E-state index in [4.69, 9.17) is 19.9 Å². The van der Waals surface area contributed by atoms with Gasteiger partial charge in [-0.15, -0.1) is 44.7 Å². The summed E-state index contributed by atoms with van der Waals surface area (Å²) in [7, 11) is 0. The molecule has 0 atom stereocenters. The van der Waals surface area contributed by atoms with Crippen LogP contribution < -0.4 is 9.97 Å². The molecule has 35 heavy (non-hydrogen) atoms. The van der Waals surface area contributed by atoms with Gasteiger partial charge in [0.05, 0.1) is 43.6 Å². The Kier molecular flexibility index (Phi) is 5.54. The van der Waals surface area contributed by atoms with Gasteiger partial charge in [0.2, 0.25) is 0 Å². The summed E-state index contributed by atoms with van der Waals surface area (Å²) in [6.07, 6.45) is 11.8. The number of aromatic nitrogens is 6. The van der Waals surface area contributed by atoms with Gasteiger partial charge in [-0.25, -0.2) is 9.97 Å². The van der Waals surface area contributed by atoms with Crippen LogP contribution in [0.4, 0.5) is 0 Å². The number of fused-ring (bicyclic) bond motifs is 8. The summed E-state index contributed by atoms with van der Waals surface area (Å²) in [4.78, 5) is 30.2. The van der Waals surface area contributed by atoms with E-state index in [9.17, 15) is 0 Å². The van der Waals surface area contributed by atoms with Crippen LogP contribution in [0, 0.1) is 0 Å². The molecule has 5 aromatic heterocycles. The first kappa shape index (κ1) is 21.9. The Morgan fingerprint density at radius 1 is 0.600 bits per heavy atom. The molecule has 1 radical (unpaired) electrons. The normalized spacial score (nSPS) is 12.1. The molecule has 0 saturated heterocycles. The van der Waals surface area contributed by atoms with Gasteiger partial charge >= 0.3 is 17.1 Å². The molecule has 0 spiro atoms. The molecule has 0 fully saturated rings. The second-order valence-corrected chi connectivity index (χ2v) is 9.56. The predicted molar refractivity (Wildman–Crippen MR) is 139 cm³/mol. The Morgan fingerprint density at radius 2 is 1.09 bits per heavy atom. The van der Waals surface area contributed by atoms with E-state index in [2.05, 4.69) is 9.97 Å². The van der Waals surface area contributed by atoms with Crippen LogP contribution in [-0.4, -0.2) is 19.9 Å². The Morgan fingerprint density at radius 3 is 1.51 bits per heavy atom. The van der Waals surface area contributed by atoms with Crippen molar-refractivity contribution >= 4 is 69.0 Å². The van der Waals surface area contributed by atoms with Crippen LogP contribution in [0.5, 0.6) is 0 Å². The molecule has 7 heterocycles. The van der Waals surface area contributed by atoms with Crippen molar-refractivity contribution in [2.24, 2.45) is 0 Å². The van der Waals surface area contributed by atoms with Gasteiger partial charge in [0.15, 0.2) is 0 Å². The van der Waals surface area contributed by atoms with Crippen molar-refractivity contribution in [3.63, 3.8) is 0 Å². The molecule has 0 N–H and O–H groups in total. The van der Waals surface area contributed by atoms with Crippen molar-refractivity contribution in [1.82, 2.24) is 29.9 Å². The number of nitrogens with zero attached hydrogens (tertiary/aromatic N) is 6. The molecule has 0 aliphatic carbocycles. The molecule has 6 nitrogen and oxygen atoms in total. The van der Waals surface area contributed by atoms with E-state index in [0.29, 0.717) is 0 Å². The quantitative estimate of drug-likeness (QED) is 0.250. The number of hydrogen-bond donors (Lipinski definition) is 0. The third-order valence-corrected chi connectivity index (χ3v) is 7.20. The van der Waals surface area contributed by atoms with E-state index in [1.165, 1.54) is 0 Å². The second kappa shape index (κ2) is 8.87. The first-order valence-electron chi connectivity index (χ1n) is 10.6. The molecule has 5 aromatic rings. The van der Waals surface area contributed by atoms with Gasteiger partial charge in [-0.3, -0.25) is 9.97 Å². The van der Waals surface area contributed by atoms with Crippen LogP contribution in [0.1, 0.15) is 22.8 Å². The summed E-state index contributed by atoms with van der Waals surface area (Å²) in [6.45, 7) is 0. The molecule has 167 valence electrons. The Labute approximate surface area is 218 Å². The standard InChI is InChI=1S/C26H14N6S2.Mn/c1-5-19-25(23-11-27-13-33-23)20-7-3-17(31-20)10-18-4-8-22(32-18)26(24-12-28-14-34-24)21-6-2-16(30-21)9-15(1)29-19;/h1-14H;/q-2;+2. The van der Waals surface area contributed by atoms with E-state index >= 15 is 0 Å². The summed E-state index contributed by atoms with van der Waals surface area (Å²) in [5.41, 5.74) is 12.5. The van der Waals surface area contributed by atoms with Gasteiger partial charge in [0.1, 0.15) is 0 Å². The largest absolute Gasteiger partial charge is 2.00 e. The molecule has 0 amide bonds. The maximum atomic E-state index is 4.89. The second-order valence-electron chi connectivity index (χ2n) is 7.79. The minimum Gasteiger partial charge on any atom is -0.657 e. The van der Waals surface area contributed by atoms with E-state index in [1.54, 1.807) is 22.7 Å². The predicted octanol–water partition coefficient (Wildman–Crippen LogP) is 6.16. The smallest absolute Gasteiger partial charge is 0.657 e. The van der Waals surface area contributed by atoms with Crippen molar-refractivity contribution in [3.05, 3.63) is 82.6 Å². The maximum Gasteiger partial charge on any atom is 2.00 e. The van der Waals surface area contributed by atoms with Crippen molar-refractivity contribution in [2.75, 3.05) is 0 Å². The number of rotatable bonds is 2. The molecule has 0 aromatic carbocycles. The SMILES string of the molecule is C1=Cc2nc1cc1ccc([n-]1)c(-c1cncs1)c1nc(cc3ccc([n-]3)c2-c2cncs2)C=C1.[Mn+2]. The summed E-state index contributed by atoms with van der Waals surface area (Å²) in [5.74, 6) is 0.